The normalized spacial score (nSPS) is 15.7. The van der Waals surface area contributed by atoms with E-state index in [0.29, 0.717) is 5.75 Å². The Morgan fingerprint density at radius 1 is 1.50 bits per heavy atom. The van der Waals surface area contributed by atoms with Crippen LogP contribution in [0.25, 0.3) is 0 Å². The van der Waals surface area contributed by atoms with E-state index in [1.807, 2.05) is 33.0 Å². The van der Waals surface area contributed by atoms with Gasteiger partial charge in [0.25, 0.3) is 0 Å². The van der Waals surface area contributed by atoms with Crippen molar-refractivity contribution in [1.29, 1.82) is 0 Å². The van der Waals surface area contributed by atoms with Gasteiger partial charge in [0.15, 0.2) is 0 Å². The highest BCUT2D eigenvalue weighted by Gasteiger charge is 2.36. The Kier molecular flexibility index (Phi) is 3.73. The minimum Gasteiger partial charge on any atom is -0.462 e. The third-order valence-electron chi connectivity index (χ3n) is 2.58. The molecule has 1 nitrogen and oxygen atoms in total. The summed E-state index contributed by atoms with van der Waals surface area (Å²) >= 11 is 4.22. The van der Waals surface area contributed by atoms with Crippen LogP contribution in [0.5, 0.6) is 0 Å². The average molecular weight is 184 g/mol. The molecule has 0 bridgehead atoms. The first-order valence-corrected chi connectivity index (χ1v) is 4.47. The molecule has 0 radical (unpaired) electrons. The standard InChI is InChI=1S/C10H16OS/c1-5-9(2,3)10(4,8-12)6-7-11/h5,11-12H,1,8H2,2-4H3. The van der Waals surface area contributed by atoms with Crippen LogP contribution in [0.1, 0.15) is 20.8 Å². The Hall–Kier alpha value is -0.550. The lowest BCUT2D eigenvalue weighted by Gasteiger charge is -2.36. The Balaban J connectivity index is 4.94. The minimum atomic E-state index is -0.327. The molecule has 68 valence electrons. The first kappa shape index (κ1) is 11.4. The first-order valence-electron chi connectivity index (χ1n) is 3.84. The summed E-state index contributed by atoms with van der Waals surface area (Å²) in [5, 5.41) is 8.56. The van der Waals surface area contributed by atoms with E-state index in [1.165, 1.54) is 0 Å². The van der Waals surface area contributed by atoms with E-state index in [1.54, 1.807) is 0 Å². The van der Waals surface area contributed by atoms with Gasteiger partial charge in [-0.3, -0.25) is 0 Å². The first-order chi connectivity index (χ1) is 5.43. The second-order valence-electron chi connectivity index (χ2n) is 3.65. The number of aliphatic hydroxyl groups is 1. The number of hydrogen-bond donors (Lipinski definition) is 2. The molecule has 0 saturated heterocycles. The van der Waals surface area contributed by atoms with Gasteiger partial charge in [0, 0.05) is 11.2 Å². The number of allylic oxidation sites excluding steroid dienone is 1. The fourth-order valence-corrected chi connectivity index (χ4v) is 1.24. The van der Waals surface area contributed by atoms with Crippen molar-refractivity contribution in [2.45, 2.75) is 20.8 Å². The van der Waals surface area contributed by atoms with Crippen molar-refractivity contribution in [2.24, 2.45) is 10.8 Å². The van der Waals surface area contributed by atoms with Crippen LogP contribution in [0.15, 0.2) is 12.7 Å². The Morgan fingerprint density at radius 3 is 2.25 bits per heavy atom. The summed E-state index contributed by atoms with van der Waals surface area (Å²) < 4.78 is 0. The molecule has 0 aromatic rings. The molecule has 0 fully saturated rings. The highest BCUT2D eigenvalue weighted by molar-refractivity contribution is 7.80. The molecule has 0 amide bonds. The van der Waals surface area contributed by atoms with Crippen molar-refractivity contribution < 1.29 is 5.11 Å². The van der Waals surface area contributed by atoms with E-state index in [-0.39, 0.29) is 10.8 Å². The molecule has 0 heterocycles. The zero-order valence-electron chi connectivity index (χ0n) is 7.89. The Morgan fingerprint density at radius 2 is 2.00 bits per heavy atom. The maximum Gasteiger partial charge on any atom is 0.108 e. The molecule has 0 aliphatic rings. The summed E-state index contributed by atoms with van der Waals surface area (Å²) in [6, 6.07) is 0. The number of hydrogen-bond acceptors (Lipinski definition) is 2. The third kappa shape index (κ3) is 1.98. The van der Waals surface area contributed by atoms with Crippen LogP contribution in [0, 0.1) is 22.9 Å². The molecule has 0 spiro atoms. The second kappa shape index (κ2) is 3.91. The summed E-state index contributed by atoms with van der Waals surface area (Å²) in [5.41, 5.74) is -0.475. The van der Waals surface area contributed by atoms with Crippen molar-refractivity contribution in [2.75, 3.05) is 5.75 Å². The van der Waals surface area contributed by atoms with Crippen LogP contribution >= 0.6 is 12.6 Å². The molecule has 0 aromatic carbocycles. The molecule has 0 aliphatic heterocycles. The van der Waals surface area contributed by atoms with Gasteiger partial charge in [0.05, 0.1) is 0 Å². The smallest absolute Gasteiger partial charge is 0.108 e. The van der Waals surface area contributed by atoms with Gasteiger partial charge in [-0.25, -0.2) is 0 Å². The van der Waals surface area contributed by atoms with Crippen molar-refractivity contribution in [1.82, 2.24) is 0 Å². The van der Waals surface area contributed by atoms with E-state index in [0.717, 1.165) is 0 Å². The van der Waals surface area contributed by atoms with Crippen LogP contribution in [-0.2, 0) is 0 Å². The van der Waals surface area contributed by atoms with Crippen LogP contribution in [0.4, 0.5) is 0 Å². The van der Waals surface area contributed by atoms with Crippen LogP contribution in [-0.4, -0.2) is 10.9 Å². The minimum absolute atomic E-state index is 0.148. The molecular weight excluding hydrogens is 168 g/mol. The van der Waals surface area contributed by atoms with Crippen molar-refractivity contribution in [3.63, 3.8) is 0 Å². The average Bonchev–Trinajstić information content (AvgIpc) is 2.04. The fourth-order valence-electron chi connectivity index (χ4n) is 0.753. The number of rotatable bonds is 3. The molecule has 0 aliphatic carbocycles. The number of aliphatic hydroxyl groups excluding tert-OH is 1. The third-order valence-corrected chi connectivity index (χ3v) is 3.21. The molecule has 1 unspecified atom stereocenters. The second-order valence-corrected chi connectivity index (χ2v) is 3.97. The summed E-state index contributed by atoms with van der Waals surface area (Å²) in [7, 11) is 0. The molecule has 0 rings (SSSR count). The molecular formula is C10H16OS. The van der Waals surface area contributed by atoms with Gasteiger partial charge in [-0.05, 0) is 12.3 Å². The highest BCUT2D eigenvalue weighted by Crippen LogP contribution is 2.39. The van der Waals surface area contributed by atoms with Gasteiger partial charge in [-0.1, -0.05) is 25.8 Å². The fraction of sp³-hybridized carbons (Fsp3) is 0.600. The quantitative estimate of drug-likeness (QED) is 0.392. The van der Waals surface area contributed by atoms with E-state index in [4.69, 9.17) is 5.11 Å². The van der Waals surface area contributed by atoms with Crippen molar-refractivity contribution >= 4 is 12.6 Å². The molecule has 1 N–H and O–H groups in total. The molecule has 0 aromatic heterocycles. The van der Waals surface area contributed by atoms with Gasteiger partial charge in [-0.15, -0.1) is 6.58 Å². The van der Waals surface area contributed by atoms with Gasteiger partial charge in [0.2, 0.25) is 0 Å². The Bertz CT molecular complexity index is 222. The van der Waals surface area contributed by atoms with Gasteiger partial charge in [0.1, 0.15) is 6.11 Å². The summed E-state index contributed by atoms with van der Waals surface area (Å²) in [5.74, 6) is 3.35. The lowest BCUT2D eigenvalue weighted by atomic mass is 9.68. The largest absolute Gasteiger partial charge is 0.462 e. The molecule has 12 heavy (non-hydrogen) atoms. The van der Waals surface area contributed by atoms with Crippen molar-refractivity contribution in [3.8, 4) is 12.0 Å². The lowest BCUT2D eigenvalue weighted by Crippen LogP contribution is -2.34. The van der Waals surface area contributed by atoms with Crippen LogP contribution < -0.4 is 0 Å². The van der Waals surface area contributed by atoms with Crippen molar-refractivity contribution in [3.05, 3.63) is 12.7 Å². The molecule has 0 saturated carbocycles. The molecule has 1 atom stereocenters. The Labute approximate surface area is 80.3 Å². The van der Waals surface area contributed by atoms with Crippen LogP contribution in [0.3, 0.4) is 0 Å². The van der Waals surface area contributed by atoms with Gasteiger partial charge >= 0.3 is 0 Å². The maximum atomic E-state index is 8.56. The zero-order chi connectivity index (χ0) is 9.83. The summed E-state index contributed by atoms with van der Waals surface area (Å²) in [4.78, 5) is 0. The summed E-state index contributed by atoms with van der Waals surface area (Å²) in [6.45, 7) is 9.77. The summed E-state index contributed by atoms with van der Waals surface area (Å²) in [6.07, 6.45) is 3.79. The van der Waals surface area contributed by atoms with Crippen LogP contribution in [0.2, 0.25) is 0 Å². The monoisotopic (exact) mass is 184 g/mol. The molecule has 2 heteroatoms. The highest BCUT2D eigenvalue weighted by atomic mass is 32.1. The van der Waals surface area contributed by atoms with E-state index in [2.05, 4.69) is 25.1 Å². The predicted octanol–water partition coefficient (Wildman–Crippen LogP) is 2.47. The van der Waals surface area contributed by atoms with E-state index < -0.39 is 0 Å². The SMILES string of the molecule is C=CC(C)(C)C(C)(C#CO)CS. The lowest BCUT2D eigenvalue weighted by molar-refractivity contribution is 0.252. The van der Waals surface area contributed by atoms with E-state index in [9.17, 15) is 0 Å². The predicted molar refractivity (Wildman–Crippen MR) is 55.6 cm³/mol. The number of thiol groups is 1. The topological polar surface area (TPSA) is 20.2 Å². The van der Waals surface area contributed by atoms with Gasteiger partial charge < -0.3 is 5.11 Å². The van der Waals surface area contributed by atoms with Gasteiger partial charge in [-0.2, -0.15) is 12.6 Å². The maximum absolute atomic E-state index is 8.56. The van der Waals surface area contributed by atoms with E-state index >= 15 is 0 Å². The zero-order valence-corrected chi connectivity index (χ0v) is 8.78.